The Morgan fingerprint density at radius 2 is 1.52 bits per heavy atom. The maximum absolute atomic E-state index is 12.5. The molecule has 2 aromatic carbocycles. The molecule has 0 radical (unpaired) electrons. The van der Waals surface area contributed by atoms with E-state index in [0.29, 0.717) is 30.1 Å². The highest BCUT2D eigenvalue weighted by atomic mass is 32.2. The number of nitrogens with zero attached hydrogens (tertiary/aromatic N) is 1. The van der Waals surface area contributed by atoms with Gasteiger partial charge in [-0.25, -0.2) is 8.42 Å². The molecule has 0 aromatic heterocycles. The molecule has 0 bridgehead atoms. The van der Waals surface area contributed by atoms with Crippen LogP contribution in [0.1, 0.15) is 30.4 Å². The van der Waals surface area contributed by atoms with Crippen LogP contribution in [0.2, 0.25) is 0 Å². The lowest BCUT2D eigenvalue weighted by atomic mass is 10.1. The van der Waals surface area contributed by atoms with Crippen LogP contribution in [0.3, 0.4) is 0 Å². The first-order valence-corrected chi connectivity index (χ1v) is 11.0. The number of hydrogen-bond acceptors (Lipinski definition) is 4. The number of nitrogens with two attached hydrogens (primary N) is 1. The summed E-state index contributed by atoms with van der Waals surface area (Å²) in [5.74, 6) is -0.539. The van der Waals surface area contributed by atoms with Crippen molar-refractivity contribution in [2.75, 3.05) is 18.4 Å². The zero-order valence-corrected chi connectivity index (χ0v) is 17.0. The SMILES string of the molecule is NC(=O)Cc1ccc(NC(=O)CCc2ccc(S(=O)(=O)N3CCCC3)cc2)cc1. The molecular weight excluding hydrogens is 390 g/mol. The number of nitrogens with one attached hydrogen (secondary N) is 1. The second-order valence-corrected chi connectivity index (χ2v) is 9.08. The van der Waals surface area contributed by atoms with Crippen LogP contribution in [0.5, 0.6) is 0 Å². The van der Waals surface area contributed by atoms with Crippen molar-refractivity contribution >= 4 is 27.5 Å². The molecule has 0 saturated carbocycles. The van der Waals surface area contributed by atoms with Crippen molar-refractivity contribution in [1.29, 1.82) is 0 Å². The van der Waals surface area contributed by atoms with Gasteiger partial charge < -0.3 is 11.1 Å². The van der Waals surface area contributed by atoms with E-state index in [1.165, 1.54) is 4.31 Å². The molecule has 1 fully saturated rings. The van der Waals surface area contributed by atoms with E-state index in [1.807, 2.05) is 0 Å². The fourth-order valence-corrected chi connectivity index (χ4v) is 4.81. The van der Waals surface area contributed by atoms with E-state index in [1.54, 1.807) is 48.5 Å². The smallest absolute Gasteiger partial charge is 0.243 e. The molecule has 8 heteroatoms. The quantitative estimate of drug-likeness (QED) is 0.688. The first kappa shape index (κ1) is 21.0. The van der Waals surface area contributed by atoms with Gasteiger partial charge in [-0.05, 0) is 54.7 Å². The van der Waals surface area contributed by atoms with E-state index in [-0.39, 0.29) is 18.7 Å². The fraction of sp³-hybridized carbons (Fsp3) is 0.333. The molecular formula is C21H25N3O4S. The highest BCUT2D eigenvalue weighted by Crippen LogP contribution is 2.21. The summed E-state index contributed by atoms with van der Waals surface area (Å²) in [5.41, 5.74) is 7.50. The zero-order valence-electron chi connectivity index (χ0n) is 16.1. The van der Waals surface area contributed by atoms with Crippen LogP contribution in [0.15, 0.2) is 53.4 Å². The largest absolute Gasteiger partial charge is 0.369 e. The van der Waals surface area contributed by atoms with Crippen LogP contribution in [-0.4, -0.2) is 37.6 Å². The highest BCUT2D eigenvalue weighted by Gasteiger charge is 2.26. The summed E-state index contributed by atoms with van der Waals surface area (Å²) in [7, 11) is -3.41. The lowest BCUT2D eigenvalue weighted by Crippen LogP contribution is -2.27. The first-order chi connectivity index (χ1) is 13.8. The van der Waals surface area contributed by atoms with Crippen LogP contribution in [0.4, 0.5) is 5.69 Å². The van der Waals surface area contributed by atoms with Crippen LogP contribution < -0.4 is 11.1 Å². The third kappa shape index (κ3) is 5.65. The number of aryl methyl sites for hydroxylation is 1. The molecule has 1 aliphatic heterocycles. The summed E-state index contributed by atoms with van der Waals surface area (Å²) < 4.78 is 26.6. The molecule has 1 saturated heterocycles. The van der Waals surface area contributed by atoms with Gasteiger partial charge in [-0.15, -0.1) is 0 Å². The summed E-state index contributed by atoms with van der Waals surface area (Å²) in [4.78, 5) is 23.4. The van der Waals surface area contributed by atoms with E-state index < -0.39 is 15.9 Å². The van der Waals surface area contributed by atoms with Gasteiger partial charge in [0.1, 0.15) is 0 Å². The molecule has 0 atom stereocenters. The second kappa shape index (κ2) is 9.19. The number of rotatable bonds is 8. The summed E-state index contributed by atoms with van der Waals surface area (Å²) in [6.45, 7) is 1.15. The number of primary amides is 1. The number of benzene rings is 2. The normalized spacial score (nSPS) is 14.6. The second-order valence-electron chi connectivity index (χ2n) is 7.14. The van der Waals surface area contributed by atoms with Gasteiger partial charge in [0.15, 0.2) is 0 Å². The van der Waals surface area contributed by atoms with Gasteiger partial charge in [-0.3, -0.25) is 9.59 Å². The molecule has 3 N–H and O–H groups in total. The molecule has 2 aromatic rings. The number of sulfonamides is 1. The van der Waals surface area contributed by atoms with Crippen molar-refractivity contribution in [1.82, 2.24) is 4.31 Å². The Balaban J connectivity index is 1.52. The number of anilines is 1. The lowest BCUT2D eigenvalue weighted by molar-refractivity contribution is -0.117. The minimum absolute atomic E-state index is 0.138. The average Bonchev–Trinajstić information content (AvgIpc) is 3.24. The van der Waals surface area contributed by atoms with Crippen molar-refractivity contribution in [3.05, 3.63) is 59.7 Å². The Morgan fingerprint density at radius 3 is 2.10 bits per heavy atom. The summed E-state index contributed by atoms with van der Waals surface area (Å²) >= 11 is 0. The molecule has 0 spiro atoms. The standard InChI is InChI=1S/C21H25N3O4S/c22-20(25)15-17-3-8-18(9-4-17)23-21(26)12-7-16-5-10-19(11-6-16)29(27,28)24-13-1-2-14-24/h3-6,8-11H,1-2,7,12-15H2,(H2,22,25)(H,23,26). The third-order valence-electron chi connectivity index (χ3n) is 4.88. The van der Waals surface area contributed by atoms with Crippen molar-refractivity contribution in [3.63, 3.8) is 0 Å². The predicted octanol–water partition coefficient (Wildman–Crippen LogP) is 2.07. The van der Waals surface area contributed by atoms with Crippen molar-refractivity contribution in [2.24, 2.45) is 5.73 Å². The molecule has 1 heterocycles. The lowest BCUT2D eigenvalue weighted by Gasteiger charge is -2.15. The van der Waals surface area contributed by atoms with E-state index in [4.69, 9.17) is 5.73 Å². The maximum Gasteiger partial charge on any atom is 0.243 e. The minimum Gasteiger partial charge on any atom is -0.369 e. The molecule has 0 unspecified atom stereocenters. The van der Waals surface area contributed by atoms with E-state index in [0.717, 1.165) is 24.0 Å². The topological polar surface area (TPSA) is 110 Å². The molecule has 7 nitrogen and oxygen atoms in total. The van der Waals surface area contributed by atoms with Crippen LogP contribution in [0, 0.1) is 0 Å². The van der Waals surface area contributed by atoms with Crippen molar-refractivity contribution < 1.29 is 18.0 Å². The van der Waals surface area contributed by atoms with E-state index >= 15 is 0 Å². The zero-order chi connectivity index (χ0) is 20.9. The van der Waals surface area contributed by atoms with Crippen LogP contribution in [-0.2, 0) is 32.5 Å². The van der Waals surface area contributed by atoms with Gasteiger partial charge in [0.25, 0.3) is 0 Å². The number of carbonyl (C=O) groups is 2. The van der Waals surface area contributed by atoms with Crippen molar-refractivity contribution in [2.45, 2.75) is 37.0 Å². The van der Waals surface area contributed by atoms with E-state index in [9.17, 15) is 18.0 Å². The molecule has 154 valence electrons. The monoisotopic (exact) mass is 415 g/mol. The van der Waals surface area contributed by atoms with Gasteiger partial charge >= 0.3 is 0 Å². The Kier molecular flexibility index (Phi) is 6.66. The Labute approximate surface area is 171 Å². The Morgan fingerprint density at radius 1 is 0.931 bits per heavy atom. The van der Waals surface area contributed by atoms with Crippen LogP contribution >= 0.6 is 0 Å². The molecule has 29 heavy (non-hydrogen) atoms. The van der Waals surface area contributed by atoms with Crippen molar-refractivity contribution in [3.8, 4) is 0 Å². The first-order valence-electron chi connectivity index (χ1n) is 9.61. The highest BCUT2D eigenvalue weighted by molar-refractivity contribution is 7.89. The Bertz CT molecular complexity index is 964. The summed E-state index contributed by atoms with van der Waals surface area (Å²) in [6, 6.07) is 13.7. The van der Waals surface area contributed by atoms with Gasteiger partial charge in [-0.2, -0.15) is 4.31 Å². The fourth-order valence-electron chi connectivity index (χ4n) is 3.29. The number of hydrogen-bond donors (Lipinski definition) is 2. The predicted molar refractivity (Wildman–Crippen MR) is 111 cm³/mol. The molecule has 0 aliphatic carbocycles. The number of carbonyl (C=O) groups excluding carboxylic acids is 2. The molecule has 2 amide bonds. The van der Waals surface area contributed by atoms with Gasteiger partial charge in [0, 0.05) is 25.2 Å². The molecule has 1 aliphatic rings. The van der Waals surface area contributed by atoms with Gasteiger partial charge in [0.2, 0.25) is 21.8 Å². The number of amides is 2. The maximum atomic E-state index is 12.5. The van der Waals surface area contributed by atoms with Crippen LogP contribution in [0.25, 0.3) is 0 Å². The van der Waals surface area contributed by atoms with E-state index in [2.05, 4.69) is 5.32 Å². The summed E-state index contributed by atoms with van der Waals surface area (Å²) in [6.07, 6.45) is 2.76. The average molecular weight is 416 g/mol. The molecule has 3 rings (SSSR count). The minimum atomic E-state index is -3.41. The Hall–Kier alpha value is -2.71. The summed E-state index contributed by atoms with van der Waals surface area (Å²) in [5, 5.41) is 2.81. The van der Waals surface area contributed by atoms with Gasteiger partial charge in [-0.1, -0.05) is 24.3 Å². The van der Waals surface area contributed by atoms with Gasteiger partial charge in [0.05, 0.1) is 11.3 Å². The third-order valence-corrected chi connectivity index (χ3v) is 6.80.